The molecule has 1 amide bonds. The molecule has 0 radical (unpaired) electrons. The minimum absolute atomic E-state index is 0.000890. The van der Waals surface area contributed by atoms with Crippen molar-refractivity contribution in [3.05, 3.63) is 23.5 Å². The summed E-state index contributed by atoms with van der Waals surface area (Å²) in [4.78, 5) is 11.7. The van der Waals surface area contributed by atoms with Crippen LogP contribution in [0.3, 0.4) is 0 Å². The van der Waals surface area contributed by atoms with Gasteiger partial charge in [0.25, 0.3) is 0 Å². The molecule has 6 heteroatoms. The van der Waals surface area contributed by atoms with Crippen LogP contribution in [0.4, 0.5) is 4.79 Å². The zero-order chi connectivity index (χ0) is 17.5. The summed E-state index contributed by atoms with van der Waals surface area (Å²) in [6, 6.07) is 0. The molecule has 0 heterocycles. The molecule has 0 aliphatic heterocycles. The number of aliphatic hydroxyl groups excluding tert-OH is 1. The van der Waals surface area contributed by atoms with Gasteiger partial charge in [-0.15, -0.1) is 0 Å². The number of hydrazine groups is 1. The van der Waals surface area contributed by atoms with Crippen LogP contribution in [0.15, 0.2) is 23.5 Å². The zero-order valence-electron chi connectivity index (χ0n) is 14.9. The number of ether oxygens (including phenoxy) is 2. The van der Waals surface area contributed by atoms with E-state index in [1.807, 2.05) is 20.8 Å². The highest BCUT2D eigenvalue weighted by Crippen LogP contribution is 2.26. The third-order valence-corrected chi connectivity index (χ3v) is 3.23. The molecule has 1 aliphatic carbocycles. The molecule has 0 saturated heterocycles. The highest BCUT2D eigenvalue weighted by molar-refractivity contribution is 5.66. The Kier molecular flexibility index (Phi) is 7.58. The van der Waals surface area contributed by atoms with E-state index in [0.717, 1.165) is 24.2 Å². The molecule has 1 unspecified atom stereocenters. The van der Waals surface area contributed by atoms with Crippen molar-refractivity contribution in [3.63, 3.8) is 0 Å². The monoisotopic (exact) mass is 326 g/mol. The maximum atomic E-state index is 11.7. The normalized spacial score (nSPS) is 18.3. The van der Waals surface area contributed by atoms with Crippen molar-refractivity contribution in [2.24, 2.45) is 5.92 Å². The number of hydrogen-bond donors (Lipinski definition) is 2. The Bertz CT molecular complexity index is 452. The molecular formula is C17H30N2O4. The number of nitrogens with one attached hydrogen (secondary N) is 1. The summed E-state index contributed by atoms with van der Waals surface area (Å²) in [7, 11) is 1.80. The number of hydrogen-bond acceptors (Lipinski definition) is 5. The number of amides is 1. The Morgan fingerprint density at radius 2 is 2.17 bits per heavy atom. The van der Waals surface area contributed by atoms with Crippen molar-refractivity contribution in [1.82, 2.24) is 10.4 Å². The van der Waals surface area contributed by atoms with E-state index < -0.39 is 11.7 Å². The molecule has 0 saturated carbocycles. The first-order valence-electron chi connectivity index (χ1n) is 8.07. The molecular weight excluding hydrogens is 296 g/mol. The van der Waals surface area contributed by atoms with Gasteiger partial charge in [0.15, 0.2) is 0 Å². The minimum atomic E-state index is -0.513. The zero-order valence-corrected chi connectivity index (χ0v) is 14.9. The molecule has 0 aromatic heterocycles. The molecule has 2 N–H and O–H groups in total. The minimum Gasteiger partial charge on any atom is -0.491 e. The molecule has 0 aromatic rings. The second kappa shape index (κ2) is 8.93. The molecule has 0 spiro atoms. The second-order valence-corrected chi connectivity index (χ2v) is 6.83. The molecule has 1 rings (SSSR count). The van der Waals surface area contributed by atoms with E-state index >= 15 is 0 Å². The number of rotatable bonds is 7. The molecule has 23 heavy (non-hydrogen) atoms. The van der Waals surface area contributed by atoms with Crippen LogP contribution in [0, 0.1) is 5.92 Å². The molecule has 0 aromatic carbocycles. The summed E-state index contributed by atoms with van der Waals surface area (Å²) in [5.74, 6) is 1.27. The lowest BCUT2D eigenvalue weighted by Gasteiger charge is -2.25. The van der Waals surface area contributed by atoms with Crippen LogP contribution in [-0.2, 0) is 9.47 Å². The third kappa shape index (κ3) is 8.04. The van der Waals surface area contributed by atoms with Crippen LogP contribution >= 0.6 is 0 Å². The van der Waals surface area contributed by atoms with Gasteiger partial charge in [0.1, 0.15) is 18.0 Å². The first kappa shape index (κ1) is 19.5. The van der Waals surface area contributed by atoms with Crippen LogP contribution in [0.5, 0.6) is 0 Å². The van der Waals surface area contributed by atoms with E-state index in [4.69, 9.17) is 14.6 Å². The van der Waals surface area contributed by atoms with Crippen molar-refractivity contribution in [1.29, 1.82) is 0 Å². The second-order valence-electron chi connectivity index (χ2n) is 6.83. The number of allylic oxidation sites excluding steroid dienone is 3. The van der Waals surface area contributed by atoms with Crippen molar-refractivity contribution in [2.45, 2.75) is 46.1 Å². The topological polar surface area (TPSA) is 71.0 Å². The van der Waals surface area contributed by atoms with Crippen molar-refractivity contribution in [2.75, 3.05) is 26.8 Å². The van der Waals surface area contributed by atoms with Crippen LogP contribution in [0.1, 0.15) is 40.5 Å². The van der Waals surface area contributed by atoms with E-state index in [9.17, 15) is 4.79 Å². The van der Waals surface area contributed by atoms with Gasteiger partial charge in [-0.3, -0.25) is 5.43 Å². The van der Waals surface area contributed by atoms with E-state index in [0.29, 0.717) is 19.1 Å². The van der Waals surface area contributed by atoms with Crippen LogP contribution in [0.2, 0.25) is 0 Å². The molecule has 1 atom stereocenters. The van der Waals surface area contributed by atoms with Crippen LogP contribution < -0.4 is 5.43 Å². The highest BCUT2D eigenvalue weighted by atomic mass is 16.6. The van der Waals surface area contributed by atoms with Gasteiger partial charge >= 0.3 is 6.09 Å². The Balaban J connectivity index is 2.46. The fourth-order valence-electron chi connectivity index (χ4n) is 2.18. The Morgan fingerprint density at radius 3 is 2.78 bits per heavy atom. The predicted molar refractivity (Wildman–Crippen MR) is 89.6 cm³/mol. The number of nitrogens with zero attached hydrogens (tertiary/aromatic N) is 1. The van der Waals surface area contributed by atoms with Gasteiger partial charge in [0.2, 0.25) is 0 Å². The maximum absolute atomic E-state index is 11.7. The average molecular weight is 326 g/mol. The smallest absolute Gasteiger partial charge is 0.422 e. The SMILES string of the molecule is CC1C=C(OCCO)C(CCN(C)NC(=O)OC(C)(C)C)=CC1. The standard InChI is InChI=1S/C17H30N2O4/c1-13-6-7-14(15(12-13)22-11-10-20)8-9-19(5)18-16(21)23-17(2,3)4/h7,12-13,20H,6,8-11H2,1-5H3,(H,18,21). The van der Waals surface area contributed by atoms with E-state index in [1.54, 1.807) is 12.1 Å². The fourth-order valence-corrected chi connectivity index (χ4v) is 2.18. The first-order valence-corrected chi connectivity index (χ1v) is 8.07. The quantitative estimate of drug-likeness (QED) is 0.704. The molecule has 0 fully saturated rings. The van der Waals surface area contributed by atoms with E-state index in [-0.39, 0.29) is 6.61 Å². The molecule has 6 nitrogen and oxygen atoms in total. The molecule has 1 aliphatic rings. The lowest BCUT2D eigenvalue weighted by Crippen LogP contribution is -2.43. The lowest BCUT2D eigenvalue weighted by atomic mass is 9.95. The van der Waals surface area contributed by atoms with Crippen LogP contribution in [0.25, 0.3) is 0 Å². The predicted octanol–water partition coefficient (Wildman–Crippen LogP) is 2.61. The molecule has 132 valence electrons. The average Bonchev–Trinajstić information content (AvgIpc) is 2.41. The molecule has 0 bridgehead atoms. The highest BCUT2D eigenvalue weighted by Gasteiger charge is 2.18. The summed E-state index contributed by atoms with van der Waals surface area (Å²) in [5.41, 5.74) is 3.28. The summed E-state index contributed by atoms with van der Waals surface area (Å²) in [5, 5.41) is 10.6. The van der Waals surface area contributed by atoms with Crippen molar-refractivity contribution in [3.8, 4) is 0 Å². The third-order valence-electron chi connectivity index (χ3n) is 3.23. The summed E-state index contributed by atoms with van der Waals surface area (Å²) in [6.45, 7) is 8.55. The lowest BCUT2D eigenvalue weighted by molar-refractivity contribution is 0.0369. The van der Waals surface area contributed by atoms with Gasteiger partial charge in [-0.1, -0.05) is 13.0 Å². The Hall–Kier alpha value is -1.53. The van der Waals surface area contributed by atoms with Gasteiger partial charge in [0.05, 0.1) is 6.61 Å². The van der Waals surface area contributed by atoms with Gasteiger partial charge in [-0.25, -0.2) is 9.80 Å². The largest absolute Gasteiger partial charge is 0.491 e. The van der Waals surface area contributed by atoms with Gasteiger partial charge in [-0.2, -0.15) is 0 Å². The first-order chi connectivity index (χ1) is 10.7. The maximum Gasteiger partial charge on any atom is 0.422 e. The van der Waals surface area contributed by atoms with Gasteiger partial charge < -0.3 is 14.6 Å². The Labute approximate surface area is 139 Å². The van der Waals surface area contributed by atoms with Crippen molar-refractivity contribution >= 4 is 6.09 Å². The van der Waals surface area contributed by atoms with E-state index in [2.05, 4.69) is 24.5 Å². The Morgan fingerprint density at radius 1 is 1.48 bits per heavy atom. The van der Waals surface area contributed by atoms with Crippen LogP contribution in [-0.4, -0.2) is 48.6 Å². The van der Waals surface area contributed by atoms with Crippen molar-refractivity contribution < 1.29 is 19.4 Å². The fraction of sp³-hybridized carbons (Fsp3) is 0.706. The van der Waals surface area contributed by atoms with Gasteiger partial charge in [0, 0.05) is 13.6 Å². The summed E-state index contributed by atoms with van der Waals surface area (Å²) in [6.07, 6.45) is 5.52. The summed E-state index contributed by atoms with van der Waals surface area (Å²) < 4.78 is 10.8. The van der Waals surface area contributed by atoms with Gasteiger partial charge in [-0.05, 0) is 51.2 Å². The number of aliphatic hydroxyl groups is 1. The van der Waals surface area contributed by atoms with E-state index in [1.165, 1.54) is 0 Å². The summed E-state index contributed by atoms with van der Waals surface area (Å²) >= 11 is 0. The number of carbonyl (C=O) groups excluding carboxylic acids is 1. The number of carbonyl (C=O) groups is 1.